The second-order valence-electron chi connectivity index (χ2n) is 4.33. The van der Waals surface area contributed by atoms with Gasteiger partial charge in [-0.15, -0.1) is 0 Å². The van der Waals surface area contributed by atoms with Gasteiger partial charge in [0.15, 0.2) is 0 Å². The molecule has 0 amide bonds. The zero-order valence-corrected chi connectivity index (χ0v) is 11.6. The molecule has 0 saturated carbocycles. The van der Waals surface area contributed by atoms with Crippen LogP contribution in [0.1, 0.15) is 19.3 Å². The van der Waals surface area contributed by atoms with Gasteiger partial charge >= 0.3 is 5.97 Å². The molecule has 0 aliphatic carbocycles. The van der Waals surface area contributed by atoms with Gasteiger partial charge in [-0.05, 0) is 25.0 Å². The summed E-state index contributed by atoms with van der Waals surface area (Å²) < 4.78 is 26.1. The second kappa shape index (κ2) is 7.50. The van der Waals surface area contributed by atoms with Crippen LogP contribution in [0.25, 0.3) is 0 Å². The molecule has 0 radical (unpaired) electrons. The average Bonchev–Trinajstić information content (AvgIpc) is 2.39. The van der Waals surface area contributed by atoms with Gasteiger partial charge < -0.3 is 5.11 Å². The molecule has 7 heteroatoms. The minimum atomic E-state index is -3.53. The number of aliphatic carboxylic acids is 1. The number of nitriles is 1. The largest absolute Gasteiger partial charge is 0.481 e. The number of anilines is 1. The van der Waals surface area contributed by atoms with Gasteiger partial charge in [-0.25, -0.2) is 8.42 Å². The lowest BCUT2D eigenvalue weighted by Crippen LogP contribution is -2.19. The highest BCUT2D eigenvalue weighted by atomic mass is 32.2. The molecule has 1 aromatic carbocycles. The van der Waals surface area contributed by atoms with Gasteiger partial charge in [0.25, 0.3) is 0 Å². The van der Waals surface area contributed by atoms with Gasteiger partial charge in [0.1, 0.15) is 0 Å². The van der Waals surface area contributed by atoms with Crippen molar-refractivity contribution in [2.45, 2.75) is 19.3 Å². The summed E-state index contributed by atoms with van der Waals surface area (Å²) in [5.41, 5.74) is 0.464. The van der Waals surface area contributed by atoms with Gasteiger partial charge in [0.2, 0.25) is 10.0 Å². The lowest BCUT2D eigenvalue weighted by atomic mass is 10.0. The third kappa shape index (κ3) is 6.20. The number of nitrogens with one attached hydrogen (secondary N) is 1. The maximum absolute atomic E-state index is 11.8. The number of carboxylic acids is 1. The van der Waals surface area contributed by atoms with Gasteiger partial charge in [0, 0.05) is 18.0 Å². The van der Waals surface area contributed by atoms with Crippen LogP contribution in [0.3, 0.4) is 0 Å². The molecule has 0 heterocycles. The molecule has 1 atom stereocenters. The first-order chi connectivity index (χ1) is 9.43. The summed E-state index contributed by atoms with van der Waals surface area (Å²) in [5.74, 6) is -1.77. The second-order valence-corrected chi connectivity index (χ2v) is 6.18. The van der Waals surface area contributed by atoms with Crippen molar-refractivity contribution >= 4 is 21.7 Å². The molecule has 0 aromatic heterocycles. The first-order valence-corrected chi connectivity index (χ1v) is 7.75. The van der Waals surface area contributed by atoms with Crippen LogP contribution in [0.2, 0.25) is 0 Å². The Balaban J connectivity index is 2.50. The Hall–Kier alpha value is -2.07. The van der Waals surface area contributed by atoms with Crippen LogP contribution in [0.15, 0.2) is 30.3 Å². The molecule has 0 aliphatic rings. The molecule has 108 valence electrons. The third-order valence-corrected chi connectivity index (χ3v) is 3.99. The summed E-state index contributed by atoms with van der Waals surface area (Å²) in [6, 6.07) is 10.4. The number of rotatable bonds is 8. The van der Waals surface area contributed by atoms with E-state index >= 15 is 0 Å². The topological polar surface area (TPSA) is 107 Å². The summed E-state index contributed by atoms with van der Waals surface area (Å²) in [4.78, 5) is 10.4. The maximum Gasteiger partial charge on any atom is 0.303 e. The van der Waals surface area contributed by atoms with Crippen molar-refractivity contribution in [3.05, 3.63) is 30.3 Å². The van der Waals surface area contributed by atoms with Crippen LogP contribution < -0.4 is 4.72 Å². The lowest BCUT2D eigenvalue weighted by Gasteiger charge is -2.10. The van der Waals surface area contributed by atoms with Crippen LogP contribution in [-0.2, 0) is 14.8 Å². The number of benzene rings is 1. The molecule has 0 spiro atoms. The van der Waals surface area contributed by atoms with Crippen molar-refractivity contribution in [3.63, 3.8) is 0 Å². The summed E-state index contributed by atoms with van der Waals surface area (Å²) in [5, 5.41) is 17.4. The Labute approximate surface area is 118 Å². The number of carbonyl (C=O) groups is 1. The van der Waals surface area contributed by atoms with Crippen molar-refractivity contribution in [3.8, 4) is 6.07 Å². The number of hydrogen-bond acceptors (Lipinski definition) is 4. The Morgan fingerprint density at radius 2 is 1.95 bits per heavy atom. The molecule has 0 aliphatic heterocycles. The molecular formula is C13H16N2O4S. The normalized spacial score (nSPS) is 12.3. The fourth-order valence-corrected chi connectivity index (χ4v) is 2.80. The van der Waals surface area contributed by atoms with E-state index in [9.17, 15) is 13.2 Å². The van der Waals surface area contributed by atoms with E-state index in [-0.39, 0.29) is 25.0 Å². The van der Waals surface area contributed by atoms with Crippen LogP contribution >= 0.6 is 0 Å². The first kappa shape index (κ1) is 16.0. The summed E-state index contributed by atoms with van der Waals surface area (Å²) >= 11 is 0. The van der Waals surface area contributed by atoms with Gasteiger partial charge in [-0.1, -0.05) is 18.2 Å². The average molecular weight is 296 g/mol. The molecule has 1 aromatic rings. The summed E-state index contributed by atoms with van der Waals surface area (Å²) in [7, 11) is -3.53. The van der Waals surface area contributed by atoms with E-state index in [0.29, 0.717) is 5.69 Å². The van der Waals surface area contributed by atoms with Crippen molar-refractivity contribution in [1.29, 1.82) is 5.26 Å². The van der Waals surface area contributed by atoms with Crippen molar-refractivity contribution < 1.29 is 18.3 Å². The third-order valence-electron chi connectivity index (χ3n) is 2.67. The Morgan fingerprint density at radius 1 is 1.30 bits per heavy atom. The van der Waals surface area contributed by atoms with E-state index in [1.54, 1.807) is 30.3 Å². The standard InChI is InChI=1S/C13H16N2O4S/c14-10-11(6-7-13(16)17)8-9-20(18,19)15-12-4-2-1-3-5-12/h1-5,11,15H,6-9H2,(H,16,17). The predicted octanol–water partition coefficient (Wildman–Crippen LogP) is 1.82. The molecule has 20 heavy (non-hydrogen) atoms. The molecule has 0 saturated heterocycles. The summed E-state index contributed by atoms with van der Waals surface area (Å²) in [6.07, 6.45) is 0.142. The Morgan fingerprint density at radius 3 is 2.50 bits per heavy atom. The minimum Gasteiger partial charge on any atom is -0.481 e. The highest BCUT2D eigenvalue weighted by Crippen LogP contribution is 2.14. The van der Waals surface area contributed by atoms with E-state index < -0.39 is 21.9 Å². The SMILES string of the molecule is N#CC(CCC(=O)O)CCS(=O)(=O)Nc1ccccc1. The number of carboxylic acid groups (broad SMARTS) is 1. The monoisotopic (exact) mass is 296 g/mol. The van der Waals surface area contributed by atoms with Crippen LogP contribution in [0.4, 0.5) is 5.69 Å². The van der Waals surface area contributed by atoms with Gasteiger partial charge in [-0.3, -0.25) is 9.52 Å². The molecular weight excluding hydrogens is 280 g/mol. The number of sulfonamides is 1. The van der Waals surface area contributed by atoms with E-state index in [0.717, 1.165) is 0 Å². The van der Waals surface area contributed by atoms with Crippen LogP contribution in [-0.4, -0.2) is 25.2 Å². The molecule has 1 rings (SSSR count). The van der Waals surface area contributed by atoms with Crippen LogP contribution in [0, 0.1) is 17.2 Å². The number of hydrogen-bond donors (Lipinski definition) is 2. The Bertz CT molecular complexity index is 578. The van der Waals surface area contributed by atoms with E-state index in [1.165, 1.54) is 0 Å². The fraction of sp³-hybridized carbons (Fsp3) is 0.385. The van der Waals surface area contributed by atoms with Crippen molar-refractivity contribution in [2.24, 2.45) is 5.92 Å². The smallest absolute Gasteiger partial charge is 0.303 e. The molecule has 6 nitrogen and oxygen atoms in total. The zero-order chi connectivity index (χ0) is 15.0. The van der Waals surface area contributed by atoms with Gasteiger partial charge in [0.05, 0.1) is 11.8 Å². The van der Waals surface area contributed by atoms with Crippen molar-refractivity contribution in [2.75, 3.05) is 10.5 Å². The zero-order valence-electron chi connectivity index (χ0n) is 10.8. The number of para-hydroxylation sites is 1. The predicted molar refractivity (Wildman–Crippen MR) is 74.4 cm³/mol. The molecule has 2 N–H and O–H groups in total. The molecule has 0 fully saturated rings. The summed E-state index contributed by atoms with van der Waals surface area (Å²) in [6.45, 7) is 0. The van der Waals surface area contributed by atoms with E-state index in [4.69, 9.17) is 10.4 Å². The van der Waals surface area contributed by atoms with Gasteiger partial charge in [-0.2, -0.15) is 5.26 Å². The Kier molecular flexibility index (Phi) is 6.00. The molecule has 1 unspecified atom stereocenters. The van der Waals surface area contributed by atoms with E-state index in [2.05, 4.69) is 4.72 Å². The lowest BCUT2D eigenvalue weighted by molar-refractivity contribution is -0.137. The van der Waals surface area contributed by atoms with Crippen LogP contribution in [0.5, 0.6) is 0 Å². The molecule has 0 bridgehead atoms. The maximum atomic E-state index is 11.8. The fourth-order valence-electron chi connectivity index (χ4n) is 1.61. The van der Waals surface area contributed by atoms with Crippen molar-refractivity contribution in [1.82, 2.24) is 0 Å². The minimum absolute atomic E-state index is 0.117. The van der Waals surface area contributed by atoms with E-state index in [1.807, 2.05) is 6.07 Å². The first-order valence-electron chi connectivity index (χ1n) is 6.10. The number of nitrogens with zero attached hydrogens (tertiary/aromatic N) is 1. The highest BCUT2D eigenvalue weighted by molar-refractivity contribution is 7.92. The highest BCUT2D eigenvalue weighted by Gasteiger charge is 2.16. The quantitative estimate of drug-likeness (QED) is 0.761.